The number of hydrogen-bond acceptors (Lipinski definition) is 4. The van der Waals surface area contributed by atoms with E-state index >= 15 is 0 Å². The van der Waals surface area contributed by atoms with Crippen LogP contribution < -0.4 is 10.1 Å². The monoisotopic (exact) mass is 318 g/mol. The van der Waals surface area contributed by atoms with E-state index in [9.17, 15) is 9.18 Å². The average molecular weight is 318 g/mol. The molecule has 122 valence electrons. The highest BCUT2D eigenvalue weighted by Gasteiger charge is 2.29. The Bertz CT molecular complexity index is 705. The highest BCUT2D eigenvalue weighted by Crippen LogP contribution is 2.29. The maximum absolute atomic E-state index is 13.2. The number of ether oxygens (including phenoxy) is 1. The molecule has 0 fully saturated rings. The first-order chi connectivity index (χ1) is 11.1. The molecule has 1 aliphatic rings. The molecular formula is C17H19FN2O3. The van der Waals surface area contributed by atoms with Crippen LogP contribution in [-0.4, -0.2) is 17.2 Å². The Morgan fingerprint density at radius 2 is 2.22 bits per heavy atom. The lowest BCUT2D eigenvalue weighted by atomic mass is 10.1. The third-order valence-electron chi connectivity index (χ3n) is 4.04. The summed E-state index contributed by atoms with van der Waals surface area (Å²) in [5, 5.41) is 6.89. The number of fused-ring (bicyclic) bond motifs is 1. The molecule has 5 nitrogen and oxygen atoms in total. The van der Waals surface area contributed by atoms with Crippen molar-refractivity contribution in [3.8, 4) is 5.75 Å². The summed E-state index contributed by atoms with van der Waals surface area (Å²) in [4.78, 5) is 12.3. The number of nitrogens with zero attached hydrogens (tertiary/aromatic N) is 1. The van der Waals surface area contributed by atoms with Crippen molar-refractivity contribution >= 4 is 5.91 Å². The van der Waals surface area contributed by atoms with Crippen molar-refractivity contribution in [1.29, 1.82) is 0 Å². The smallest absolute Gasteiger partial charge is 0.261 e. The zero-order chi connectivity index (χ0) is 16.4. The molecule has 1 N–H and O–H groups in total. The second-order valence-electron chi connectivity index (χ2n) is 5.52. The van der Waals surface area contributed by atoms with Crippen LogP contribution in [0.3, 0.4) is 0 Å². The van der Waals surface area contributed by atoms with Crippen LogP contribution in [0.2, 0.25) is 0 Å². The van der Waals surface area contributed by atoms with E-state index in [0.29, 0.717) is 18.7 Å². The van der Waals surface area contributed by atoms with E-state index in [4.69, 9.17) is 9.26 Å². The van der Waals surface area contributed by atoms with Gasteiger partial charge < -0.3 is 14.6 Å². The lowest BCUT2D eigenvalue weighted by Crippen LogP contribution is -2.37. The van der Waals surface area contributed by atoms with Gasteiger partial charge in [0.2, 0.25) is 0 Å². The molecular weight excluding hydrogens is 299 g/mol. The molecule has 1 unspecified atom stereocenters. The normalized spacial score (nSPS) is 16.0. The Morgan fingerprint density at radius 1 is 1.39 bits per heavy atom. The number of carbonyl (C=O) groups excluding carboxylic acids is 1. The molecule has 0 aliphatic carbocycles. The molecule has 0 bridgehead atoms. The molecule has 2 heterocycles. The van der Waals surface area contributed by atoms with Crippen LogP contribution in [0.4, 0.5) is 4.39 Å². The average Bonchev–Trinajstić information content (AvgIpc) is 3.15. The maximum Gasteiger partial charge on any atom is 0.261 e. The Kier molecular flexibility index (Phi) is 4.32. The number of halogens is 1. The summed E-state index contributed by atoms with van der Waals surface area (Å²) in [5.74, 6) is 0.824. The van der Waals surface area contributed by atoms with Gasteiger partial charge in [-0.25, -0.2) is 4.39 Å². The Balaban J connectivity index is 1.64. The van der Waals surface area contributed by atoms with Crippen molar-refractivity contribution in [3.05, 3.63) is 46.6 Å². The fraction of sp³-hybridized carbons (Fsp3) is 0.412. The molecule has 0 radical (unpaired) electrons. The summed E-state index contributed by atoms with van der Waals surface area (Å²) in [6.07, 6.45) is 1.23. The van der Waals surface area contributed by atoms with Crippen molar-refractivity contribution in [2.24, 2.45) is 0 Å². The van der Waals surface area contributed by atoms with E-state index in [2.05, 4.69) is 10.5 Å². The third-order valence-corrected chi connectivity index (χ3v) is 4.04. The van der Waals surface area contributed by atoms with Crippen molar-refractivity contribution in [2.75, 3.05) is 0 Å². The standard InChI is InChI=1S/C17H19FN2O3/c1-3-13-12(14(4-2)23-20-13)9-19-17(21)16-8-10-7-11(18)5-6-15(10)22-16/h5-7,16H,3-4,8-9H2,1-2H3,(H,19,21). The predicted molar refractivity (Wildman–Crippen MR) is 81.6 cm³/mol. The predicted octanol–water partition coefficient (Wildman–Crippen LogP) is 2.56. The molecule has 23 heavy (non-hydrogen) atoms. The first-order valence-corrected chi connectivity index (χ1v) is 7.81. The number of benzene rings is 1. The minimum absolute atomic E-state index is 0.216. The second kappa shape index (κ2) is 6.40. The van der Waals surface area contributed by atoms with Crippen LogP contribution in [0.15, 0.2) is 22.7 Å². The van der Waals surface area contributed by atoms with Gasteiger partial charge in [-0.05, 0) is 24.6 Å². The number of nitrogens with one attached hydrogen (secondary N) is 1. The summed E-state index contributed by atoms with van der Waals surface area (Å²) in [6, 6.07) is 4.30. The summed E-state index contributed by atoms with van der Waals surface area (Å²) < 4.78 is 24.1. The zero-order valence-electron chi connectivity index (χ0n) is 13.2. The van der Waals surface area contributed by atoms with Gasteiger partial charge in [-0.2, -0.15) is 0 Å². The number of aromatic nitrogens is 1. The van der Waals surface area contributed by atoms with Gasteiger partial charge in [0.25, 0.3) is 5.91 Å². The van der Waals surface area contributed by atoms with E-state index < -0.39 is 6.10 Å². The summed E-state index contributed by atoms with van der Waals surface area (Å²) in [7, 11) is 0. The lowest BCUT2D eigenvalue weighted by Gasteiger charge is -2.11. The fourth-order valence-corrected chi connectivity index (χ4v) is 2.79. The summed E-state index contributed by atoms with van der Waals surface area (Å²) >= 11 is 0. The Morgan fingerprint density at radius 3 is 2.96 bits per heavy atom. The maximum atomic E-state index is 13.2. The van der Waals surface area contributed by atoms with Gasteiger partial charge in [0.15, 0.2) is 6.10 Å². The number of rotatable bonds is 5. The minimum atomic E-state index is -0.623. The van der Waals surface area contributed by atoms with Gasteiger partial charge in [-0.1, -0.05) is 19.0 Å². The molecule has 1 aromatic heterocycles. The zero-order valence-corrected chi connectivity index (χ0v) is 13.2. The molecule has 2 aromatic rings. The molecule has 1 atom stereocenters. The highest BCUT2D eigenvalue weighted by atomic mass is 19.1. The van der Waals surface area contributed by atoms with Crippen LogP contribution >= 0.6 is 0 Å². The molecule has 0 saturated heterocycles. The van der Waals surface area contributed by atoms with E-state index in [1.54, 1.807) is 6.07 Å². The molecule has 0 saturated carbocycles. The SMILES string of the molecule is CCc1noc(CC)c1CNC(=O)C1Cc2cc(F)ccc2O1. The Hall–Kier alpha value is -2.37. The number of amides is 1. The van der Waals surface area contributed by atoms with E-state index in [0.717, 1.165) is 35.4 Å². The van der Waals surface area contributed by atoms with E-state index in [-0.39, 0.29) is 11.7 Å². The van der Waals surface area contributed by atoms with Gasteiger partial charge in [0.1, 0.15) is 17.3 Å². The van der Waals surface area contributed by atoms with Crippen molar-refractivity contribution in [2.45, 2.75) is 45.8 Å². The van der Waals surface area contributed by atoms with Crippen LogP contribution in [0, 0.1) is 5.82 Å². The van der Waals surface area contributed by atoms with Gasteiger partial charge in [0, 0.05) is 30.5 Å². The van der Waals surface area contributed by atoms with E-state index in [1.807, 2.05) is 13.8 Å². The van der Waals surface area contributed by atoms with Gasteiger partial charge >= 0.3 is 0 Å². The molecule has 1 aromatic carbocycles. The van der Waals surface area contributed by atoms with Crippen LogP contribution in [0.5, 0.6) is 5.75 Å². The third kappa shape index (κ3) is 3.06. The molecule has 1 aliphatic heterocycles. The van der Waals surface area contributed by atoms with Crippen LogP contribution in [0.25, 0.3) is 0 Å². The second-order valence-corrected chi connectivity index (χ2v) is 5.52. The quantitative estimate of drug-likeness (QED) is 0.920. The van der Waals surface area contributed by atoms with Crippen molar-refractivity contribution in [3.63, 3.8) is 0 Å². The number of aryl methyl sites for hydroxylation is 2. The van der Waals surface area contributed by atoms with Crippen LogP contribution in [-0.2, 0) is 30.6 Å². The Labute approximate surface area is 133 Å². The van der Waals surface area contributed by atoms with Crippen molar-refractivity contribution in [1.82, 2.24) is 10.5 Å². The first kappa shape index (κ1) is 15.5. The molecule has 0 spiro atoms. The molecule has 3 rings (SSSR count). The lowest BCUT2D eigenvalue weighted by molar-refractivity contribution is -0.127. The van der Waals surface area contributed by atoms with Gasteiger partial charge in [-0.15, -0.1) is 0 Å². The number of hydrogen-bond donors (Lipinski definition) is 1. The molecule has 6 heteroatoms. The summed E-state index contributed by atoms with van der Waals surface area (Å²) in [5.41, 5.74) is 2.52. The van der Waals surface area contributed by atoms with E-state index in [1.165, 1.54) is 12.1 Å². The largest absolute Gasteiger partial charge is 0.480 e. The molecule has 1 amide bonds. The minimum Gasteiger partial charge on any atom is -0.480 e. The highest BCUT2D eigenvalue weighted by molar-refractivity contribution is 5.82. The fourth-order valence-electron chi connectivity index (χ4n) is 2.79. The summed E-state index contributed by atoms with van der Waals surface area (Å²) in [6.45, 7) is 4.34. The topological polar surface area (TPSA) is 64.4 Å². The van der Waals surface area contributed by atoms with Gasteiger partial charge in [0.05, 0.1) is 5.69 Å². The first-order valence-electron chi connectivity index (χ1n) is 7.81. The van der Waals surface area contributed by atoms with Crippen molar-refractivity contribution < 1.29 is 18.4 Å². The number of carbonyl (C=O) groups is 1. The van der Waals surface area contributed by atoms with Gasteiger partial charge in [-0.3, -0.25) is 4.79 Å². The van der Waals surface area contributed by atoms with Crippen LogP contribution in [0.1, 0.15) is 36.4 Å².